The third-order valence-corrected chi connectivity index (χ3v) is 3.89. The summed E-state index contributed by atoms with van der Waals surface area (Å²) in [5, 5.41) is 12.4. The summed E-state index contributed by atoms with van der Waals surface area (Å²) < 4.78 is 11.2. The van der Waals surface area contributed by atoms with Gasteiger partial charge in [0.05, 0.1) is 0 Å². The molecule has 4 nitrogen and oxygen atoms in total. The van der Waals surface area contributed by atoms with Crippen LogP contribution >= 0.6 is 11.8 Å². The first-order chi connectivity index (χ1) is 9.24. The van der Waals surface area contributed by atoms with E-state index in [0.29, 0.717) is 13.2 Å². The summed E-state index contributed by atoms with van der Waals surface area (Å²) in [4.78, 5) is 1.20. The van der Waals surface area contributed by atoms with Crippen molar-refractivity contribution in [1.82, 2.24) is 5.32 Å². The van der Waals surface area contributed by atoms with Crippen LogP contribution in [0.15, 0.2) is 17.0 Å². The standard InChI is InChI=1S/C14H21NO3S/c1-10(9-16)7-15-8-11-5-12-13(6-14(11)19-2)18-4-3-17-12/h5-6,10,15-16H,3-4,7-9H2,1-2H3. The van der Waals surface area contributed by atoms with Gasteiger partial charge in [-0.25, -0.2) is 0 Å². The molecule has 2 N–H and O–H groups in total. The second kappa shape index (κ2) is 7.03. The second-order valence-electron chi connectivity index (χ2n) is 4.73. The van der Waals surface area contributed by atoms with Gasteiger partial charge in [-0.2, -0.15) is 0 Å². The molecular formula is C14H21NO3S. The Hall–Kier alpha value is -0.910. The Labute approximate surface area is 118 Å². The van der Waals surface area contributed by atoms with E-state index in [0.717, 1.165) is 24.6 Å². The summed E-state index contributed by atoms with van der Waals surface area (Å²) in [6, 6.07) is 4.10. The fourth-order valence-electron chi connectivity index (χ4n) is 1.96. The predicted molar refractivity (Wildman–Crippen MR) is 77.2 cm³/mol. The monoisotopic (exact) mass is 283 g/mol. The van der Waals surface area contributed by atoms with Crippen LogP contribution in [0.3, 0.4) is 0 Å². The summed E-state index contributed by atoms with van der Waals surface area (Å²) in [5.41, 5.74) is 1.21. The molecule has 0 radical (unpaired) electrons. The average molecular weight is 283 g/mol. The SMILES string of the molecule is CSc1cc2c(cc1CNCC(C)CO)OCCO2. The summed E-state index contributed by atoms with van der Waals surface area (Å²) in [7, 11) is 0. The number of aliphatic hydroxyl groups is 1. The Balaban J connectivity index is 2.06. The number of hydrogen-bond donors (Lipinski definition) is 2. The lowest BCUT2D eigenvalue weighted by atomic mass is 10.1. The number of thioether (sulfide) groups is 1. The van der Waals surface area contributed by atoms with Crippen molar-refractivity contribution in [3.8, 4) is 11.5 Å². The lowest BCUT2D eigenvalue weighted by molar-refractivity contribution is 0.171. The van der Waals surface area contributed by atoms with E-state index >= 15 is 0 Å². The van der Waals surface area contributed by atoms with Crippen LogP contribution in [-0.2, 0) is 6.54 Å². The van der Waals surface area contributed by atoms with Crippen molar-refractivity contribution >= 4 is 11.8 Å². The molecule has 0 bridgehead atoms. The van der Waals surface area contributed by atoms with Crippen molar-refractivity contribution < 1.29 is 14.6 Å². The zero-order valence-electron chi connectivity index (χ0n) is 11.4. The number of nitrogens with one attached hydrogen (secondary N) is 1. The first-order valence-electron chi connectivity index (χ1n) is 6.52. The van der Waals surface area contributed by atoms with E-state index in [2.05, 4.69) is 17.6 Å². The molecular weight excluding hydrogens is 262 g/mol. The topological polar surface area (TPSA) is 50.7 Å². The van der Waals surface area contributed by atoms with Crippen molar-refractivity contribution in [2.24, 2.45) is 5.92 Å². The molecule has 0 saturated heterocycles. The minimum Gasteiger partial charge on any atom is -0.486 e. The first-order valence-corrected chi connectivity index (χ1v) is 7.75. The zero-order chi connectivity index (χ0) is 13.7. The van der Waals surface area contributed by atoms with Crippen molar-refractivity contribution in [1.29, 1.82) is 0 Å². The quantitative estimate of drug-likeness (QED) is 0.781. The van der Waals surface area contributed by atoms with E-state index < -0.39 is 0 Å². The molecule has 0 amide bonds. The highest BCUT2D eigenvalue weighted by Gasteiger charge is 2.15. The van der Waals surface area contributed by atoms with Gasteiger partial charge in [0.2, 0.25) is 0 Å². The number of benzene rings is 1. The molecule has 1 unspecified atom stereocenters. The Kier molecular flexibility index (Phi) is 5.36. The van der Waals surface area contributed by atoms with E-state index in [1.807, 2.05) is 13.0 Å². The molecule has 1 aromatic rings. The molecule has 1 aromatic carbocycles. The summed E-state index contributed by atoms with van der Waals surface area (Å²) >= 11 is 1.71. The highest BCUT2D eigenvalue weighted by molar-refractivity contribution is 7.98. The van der Waals surface area contributed by atoms with Gasteiger partial charge in [-0.1, -0.05) is 6.92 Å². The molecule has 0 saturated carbocycles. The third kappa shape index (κ3) is 3.78. The van der Waals surface area contributed by atoms with Gasteiger partial charge in [0, 0.05) is 24.6 Å². The van der Waals surface area contributed by atoms with E-state index in [1.54, 1.807) is 11.8 Å². The zero-order valence-corrected chi connectivity index (χ0v) is 12.3. The molecule has 19 heavy (non-hydrogen) atoms. The fourth-order valence-corrected chi connectivity index (χ4v) is 2.58. The Morgan fingerprint density at radius 1 is 1.32 bits per heavy atom. The Morgan fingerprint density at radius 2 is 2.00 bits per heavy atom. The molecule has 1 atom stereocenters. The molecule has 5 heteroatoms. The molecule has 0 fully saturated rings. The maximum Gasteiger partial charge on any atom is 0.162 e. The predicted octanol–water partition coefficient (Wildman–Crippen LogP) is 1.90. The van der Waals surface area contributed by atoms with Crippen LogP contribution in [0.5, 0.6) is 11.5 Å². The lowest BCUT2D eigenvalue weighted by Gasteiger charge is -2.21. The van der Waals surface area contributed by atoms with E-state index in [9.17, 15) is 0 Å². The molecule has 0 aliphatic carbocycles. The number of fused-ring (bicyclic) bond motifs is 1. The number of ether oxygens (including phenoxy) is 2. The van der Waals surface area contributed by atoms with Gasteiger partial charge in [-0.3, -0.25) is 0 Å². The average Bonchev–Trinajstić information content (AvgIpc) is 2.46. The van der Waals surface area contributed by atoms with Crippen LogP contribution in [0.4, 0.5) is 0 Å². The maximum atomic E-state index is 9.01. The van der Waals surface area contributed by atoms with Gasteiger partial charge in [0.25, 0.3) is 0 Å². The summed E-state index contributed by atoms with van der Waals surface area (Å²) in [6.07, 6.45) is 2.06. The number of rotatable bonds is 6. The summed E-state index contributed by atoms with van der Waals surface area (Å²) in [6.45, 7) is 5.04. The first kappa shape index (κ1) is 14.5. The van der Waals surface area contributed by atoms with E-state index in [1.165, 1.54) is 10.5 Å². The van der Waals surface area contributed by atoms with Gasteiger partial charge in [-0.15, -0.1) is 11.8 Å². The minimum atomic E-state index is 0.212. The van der Waals surface area contributed by atoms with Crippen LogP contribution in [-0.4, -0.2) is 37.7 Å². The van der Waals surface area contributed by atoms with Crippen LogP contribution in [0, 0.1) is 5.92 Å². The Morgan fingerprint density at radius 3 is 2.63 bits per heavy atom. The molecule has 2 rings (SSSR count). The highest BCUT2D eigenvalue weighted by Crippen LogP contribution is 2.36. The van der Waals surface area contributed by atoms with Gasteiger partial charge in [-0.05, 0) is 29.9 Å². The molecule has 0 aromatic heterocycles. The molecule has 1 aliphatic rings. The molecule has 106 valence electrons. The van der Waals surface area contributed by atoms with E-state index in [-0.39, 0.29) is 12.5 Å². The van der Waals surface area contributed by atoms with Gasteiger partial charge in [0.15, 0.2) is 11.5 Å². The Bertz CT molecular complexity index is 425. The van der Waals surface area contributed by atoms with Crippen LogP contribution in [0.25, 0.3) is 0 Å². The van der Waals surface area contributed by atoms with Crippen LogP contribution < -0.4 is 14.8 Å². The molecule has 1 aliphatic heterocycles. The second-order valence-corrected chi connectivity index (χ2v) is 5.57. The minimum absolute atomic E-state index is 0.212. The molecule has 0 spiro atoms. The van der Waals surface area contributed by atoms with Crippen molar-refractivity contribution in [2.75, 3.05) is 32.6 Å². The largest absolute Gasteiger partial charge is 0.486 e. The number of aliphatic hydroxyl groups excluding tert-OH is 1. The summed E-state index contributed by atoms with van der Waals surface area (Å²) in [5.74, 6) is 1.94. The third-order valence-electron chi connectivity index (χ3n) is 3.07. The number of hydrogen-bond acceptors (Lipinski definition) is 5. The maximum absolute atomic E-state index is 9.01. The smallest absolute Gasteiger partial charge is 0.162 e. The fraction of sp³-hybridized carbons (Fsp3) is 0.571. The van der Waals surface area contributed by atoms with Gasteiger partial charge >= 0.3 is 0 Å². The lowest BCUT2D eigenvalue weighted by Crippen LogP contribution is -2.23. The van der Waals surface area contributed by atoms with Crippen molar-refractivity contribution in [3.63, 3.8) is 0 Å². The van der Waals surface area contributed by atoms with Crippen LogP contribution in [0.2, 0.25) is 0 Å². The van der Waals surface area contributed by atoms with Crippen molar-refractivity contribution in [2.45, 2.75) is 18.4 Å². The highest BCUT2D eigenvalue weighted by atomic mass is 32.2. The normalized spacial score (nSPS) is 15.3. The van der Waals surface area contributed by atoms with Gasteiger partial charge in [0.1, 0.15) is 13.2 Å². The van der Waals surface area contributed by atoms with E-state index in [4.69, 9.17) is 14.6 Å². The van der Waals surface area contributed by atoms with Gasteiger partial charge < -0.3 is 19.9 Å². The molecule has 1 heterocycles. The van der Waals surface area contributed by atoms with Crippen molar-refractivity contribution in [3.05, 3.63) is 17.7 Å². The van der Waals surface area contributed by atoms with Crippen LogP contribution in [0.1, 0.15) is 12.5 Å².